The second-order valence-corrected chi connectivity index (χ2v) is 6.45. The Bertz CT molecular complexity index is 506. The summed E-state index contributed by atoms with van der Waals surface area (Å²) in [6.45, 7) is 7.24. The van der Waals surface area contributed by atoms with Gasteiger partial charge in [0.05, 0.1) is 5.56 Å². The van der Waals surface area contributed by atoms with E-state index in [2.05, 4.69) is 21.2 Å². The summed E-state index contributed by atoms with van der Waals surface area (Å²) in [5, 5.41) is 11.8. The highest BCUT2D eigenvalue weighted by Crippen LogP contribution is 2.22. The van der Waals surface area contributed by atoms with E-state index in [-0.39, 0.29) is 0 Å². The molecule has 0 aliphatic rings. The third-order valence-electron chi connectivity index (χ3n) is 2.76. The predicted octanol–water partition coefficient (Wildman–Crippen LogP) is 2.99. The van der Waals surface area contributed by atoms with Gasteiger partial charge in [-0.2, -0.15) is 0 Å². The molecular formula is C14H18BrNO3. The van der Waals surface area contributed by atoms with E-state index < -0.39 is 23.3 Å². The lowest BCUT2D eigenvalue weighted by molar-refractivity contribution is -0.142. The fourth-order valence-electron chi connectivity index (χ4n) is 1.66. The number of carboxylic acids is 1. The number of carbonyl (C=O) groups is 2. The van der Waals surface area contributed by atoms with Crippen LogP contribution in [-0.2, 0) is 4.79 Å². The normalized spacial score (nSPS) is 12.9. The Balaban J connectivity index is 2.98. The first-order valence-electron chi connectivity index (χ1n) is 5.92. The van der Waals surface area contributed by atoms with Crippen LogP contribution in [0, 0.1) is 12.3 Å². The molecule has 1 amide bonds. The minimum absolute atomic E-state index is 0.394. The first-order valence-corrected chi connectivity index (χ1v) is 6.72. The van der Waals surface area contributed by atoms with E-state index in [1.54, 1.807) is 26.8 Å². The van der Waals surface area contributed by atoms with E-state index in [0.29, 0.717) is 10.0 Å². The van der Waals surface area contributed by atoms with Gasteiger partial charge < -0.3 is 10.4 Å². The molecule has 0 heterocycles. The molecule has 0 aromatic heterocycles. The quantitative estimate of drug-likeness (QED) is 0.896. The molecule has 4 nitrogen and oxygen atoms in total. The number of carbonyl (C=O) groups excluding carboxylic acids is 1. The van der Waals surface area contributed by atoms with Crippen LogP contribution in [0.5, 0.6) is 0 Å². The van der Waals surface area contributed by atoms with Gasteiger partial charge in [-0.15, -0.1) is 0 Å². The van der Waals surface area contributed by atoms with Crippen molar-refractivity contribution in [3.05, 3.63) is 33.8 Å². The van der Waals surface area contributed by atoms with E-state index in [1.165, 1.54) is 0 Å². The molecule has 1 aromatic carbocycles. The van der Waals surface area contributed by atoms with Crippen LogP contribution in [-0.4, -0.2) is 23.0 Å². The number of halogens is 1. The van der Waals surface area contributed by atoms with Crippen molar-refractivity contribution in [2.24, 2.45) is 5.41 Å². The van der Waals surface area contributed by atoms with E-state index >= 15 is 0 Å². The number of hydrogen-bond donors (Lipinski definition) is 2. The Hall–Kier alpha value is -1.36. The van der Waals surface area contributed by atoms with Crippen LogP contribution < -0.4 is 5.32 Å². The fraction of sp³-hybridized carbons (Fsp3) is 0.429. The van der Waals surface area contributed by atoms with Gasteiger partial charge in [0.25, 0.3) is 5.91 Å². The van der Waals surface area contributed by atoms with Crippen molar-refractivity contribution in [3.8, 4) is 0 Å². The molecule has 0 bridgehead atoms. The lowest BCUT2D eigenvalue weighted by Crippen LogP contribution is -2.49. The number of aryl methyl sites for hydroxylation is 1. The van der Waals surface area contributed by atoms with Gasteiger partial charge in [-0.3, -0.25) is 4.79 Å². The van der Waals surface area contributed by atoms with Crippen molar-refractivity contribution in [2.45, 2.75) is 33.7 Å². The Morgan fingerprint density at radius 1 is 1.32 bits per heavy atom. The van der Waals surface area contributed by atoms with Crippen LogP contribution in [0.2, 0.25) is 0 Å². The maximum Gasteiger partial charge on any atom is 0.326 e. The van der Waals surface area contributed by atoms with Gasteiger partial charge in [-0.1, -0.05) is 26.8 Å². The van der Waals surface area contributed by atoms with Gasteiger partial charge in [0.2, 0.25) is 0 Å². The average Bonchev–Trinajstić information content (AvgIpc) is 2.23. The Labute approximate surface area is 121 Å². The SMILES string of the molecule is Cc1ccc(C(=O)N[C@H](C(=O)O)C(C)(C)C)c(Br)c1. The summed E-state index contributed by atoms with van der Waals surface area (Å²) < 4.78 is 0.656. The van der Waals surface area contributed by atoms with E-state index in [0.717, 1.165) is 5.56 Å². The predicted molar refractivity (Wildman–Crippen MR) is 77.2 cm³/mol. The van der Waals surface area contributed by atoms with E-state index in [4.69, 9.17) is 0 Å². The zero-order valence-electron chi connectivity index (χ0n) is 11.5. The fourth-order valence-corrected chi connectivity index (χ4v) is 2.34. The Kier molecular flexibility index (Phi) is 4.74. The zero-order valence-corrected chi connectivity index (χ0v) is 13.0. The van der Waals surface area contributed by atoms with Crippen molar-refractivity contribution in [1.29, 1.82) is 0 Å². The lowest BCUT2D eigenvalue weighted by atomic mass is 9.86. The van der Waals surface area contributed by atoms with Crippen molar-refractivity contribution < 1.29 is 14.7 Å². The van der Waals surface area contributed by atoms with Gasteiger partial charge in [0.15, 0.2) is 0 Å². The second-order valence-electron chi connectivity index (χ2n) is 5.59. The topological polar surface area (TPSA) is 66.4 Å². The molecular weight excluding hydrogens is 310 g/mol. The van der Waals surface area contributed by atoms with Crippen LogP contribution in [0.25, 0.3) is 0 Å². The van der Waals surface area contributed by atoms with Crippen LogP contribution in [0.3, 0.4) is 0 Å². The van der Waals surface area contributed by atoms with Crippen LogP contribution >= 0.6 is 15.9 Å². The summed E-state index contributed by atoms with van der Waals surface area (Å²) in [5.41, 5.74) is 0.897. The van der Waals surface area contributed by atoms with Gasteiger partial charge in [0.1, 0.15) is 6.04 Å². The maximum atomic E-state index is 12.1. The molecule has 0 aliphatic carbocycles. The molecule has 5 heteroatoms. The summed E-state index contributed by atoms with van der Waals surface area (Å²) in [4.78, 5) is 23.4. The maximum absolute atomic E-state index is 12.1. The van der Waals surface area contributed by atoms with E-state index in [9.17, 15) is 14.7 Å². The van der Waals surface area contributed by atoms with Crippen LogP contribution in [0.1, 0.15) is 36.7 Å². The summed E-state index contributed by atoms with van der Waals surface area (Å²) >= 11 is 3.32. The highest BCUT2D eigenvalue weighted by Gasteiger charge is 2.33. The number of benzene rings is 1. The van der Waals surface area contributed by atoms with Gasteiger partial charge in [0, 0.05) is 4.47 Å². The number of rotatable bonds is 3. The third-order valence-corrected chi connectivity index (χ3v) is 3.41. The first kappa shape index (κ1) is 15.7. The summed E-state index contributed by atoms with van der Waals surface area (Å²) in [6.07, 6.45) is 0. The molecule has 1 aromatic rings. The molecule has 104 valence electrons. The van der Waals surface area contributed by atoms with Crippen LogP contribution in [0.15, 0.2) is 22.7 Å². The smallest absolute Gasteiger partial charge is 0.326 e. The molecule has 2 N–H and O–H groups in total. The summed E-state index contributed by atoms with van der Waals surface area (Å²) in [7, 11) is 0. The number of hydrogen-bond acceptors (Lipinski definition) is 2. The molecule has 19 heavy (non-hydrogen) atoms. The van der Waals surface area contributed by atoms with Crippen molar-refractivity contribution in [2.75, 3.05) is 0 Å². The Morgan fingerprint density at radius 2 is 1.89 bits per heavy atom. The summed E-state index contributed by atoms with van der Waals surface area (Å²) in [5.74, 6) is -1.43. The highest BCUT2D eigenvalue weighted by molar-refractivity contribution is 9.10. The first-order chi connectivity index (χ1) is 8.62. The van der Waals surface area contributed by atoms with Crippen molar-refractivity contribution >= 4 is 27.8 Å². The number of carboxylic acid groups (broad SMARTS) is 1. The monoisotopic (exact) mass is 327 g/mol. The molecule has 0 radical (unpaired) electrons. The minimum atomic E-state index is -1.04. The van der Waals surface area contributed by atoms with Gasteiger partial charge in [-0.25, -0.2) is 4.79 Å². The standard InChI is InChI=1S/C14H18BrNO3/c1-8-5-6-9(10(15)7-8)12(17)16-11(13(18)19)14(2,3)4/h5-7,11H,1-4H3,(H,16,17)(H,18,19)/t11-/m1/s1. The molecule has 1 atom stereocenters. The highest BCUT2D eigenvalue weighted by atomic mass is 79.9. The molecule has 0 saturated carbocycles. The average molecular weight is 328 g/mol. The van der Waals surface area contributed by atoms with Crippen molar-refractivity contribution in [3.63, 3.8) is 0 Å². The number of nitrogens with one attached hydrogen (secondary N) is 1. The number of aliphatic carboxylic acids is 1. The van der Waals surface area contributed by atoms with Crippen LogP contribution in [0.4, 0.5) is 0 Å². The lowest BCUT2D eigenvalue weighted by Gasteiger charge is -2.27. The zero-order chi connectivity index (χ0) is 14.8. The second kappa shape index (κ2) is 5.74. The molecule has 0 spiro atoms. The van der Waals surface area contributed by atoms with E-state index in [1.807, 2.05) is 19.1 Å². The number of amides is 1. The molecule has 0 fully saturated rings. The largest absolute Gasteiger partial charge is 0.480 e. The van der Waals surface area contributed by atoms with Gasteiger partial charge >= 0.3 is 5.97 Å². The molecule has 0 unspecified atom stereocenters. The Morgan fingerprint density at radius 3 is 2.32 bits per heavy atom. The summed E-state index contributed by atoms with van der Waals surface area (Å²) in [6, 6.07) is 4.37. The minimum Gasteiger partial charge on any atom is -0.480 e. The van der Waals surface area contributed by atoms with Crippen molar-refractivity contribution in [1.82, 2.24) is 5.32 Å². The van der Waals surface area contributed by atoms with Gasteiger partial charge in [-0.05, 0) is 46.0 Å². The molecule has 1 rings (SSSR count). The third kappa shape index (κ3) is 4.06. The molecule has 0 aliphatic heterocycles. The molecule has 0 saturated heterocycles.